The van der Waals surface area contributed by atoms with E-state index in [2.05, 4.69) is 5.32 Å². The topological polar surface area (TPSA) is 49.3 Å². The Morgan fingerprint density at radius 2 is 2.12 bits per heavy atom. The first-order valence-electron chi connectivity index (χ1n) is 4.68. The van der Waals surface area contributed by atoms with Crippen LogP contribution >= 0.6 is 23.2 Å². The van der Waals surface area contributed by atoms with Crippen LogP contribution in [-0.2, 0) is 4.79 Å². The number of hydrogen-bond acceptors (Lipinski definition) is 2. The number of carboxylic acid groups (broad SMARTS) is 1. The fourth-order valence-corrected chi connectivity index (χ4v) is 1.51. The molecular formula is C11H11Cl2NO2. The summed E-state index contributed by atoms with van der Waals surface area (Å²) < 4.78 is 0. The summed E-state index contributed by atoms with van der Waals surface area (Å²) in [7, 11) is 0. The van der Waals surface area contributed by atoms with Gasteiger partial charge in [-0.05, 0) is 24.6 Å². The van der Waals surface area contributed by atoms with E-state index in [9.17, 15) is 4.79 Å². The van der Waals surface area contributed by atoms with Crippen LogP contribution < -0.4 is 5.32 Å². The second-order valence-electron chi connectivity index (χ2n) is 3.06. The molecule has 0 spiro atoms. The van der Waals surface area contributed by atoms with Crippen LogP contribution in [0.4, 0.5) is 0 Å². The van der Waals surface area contributed by atoms with Gasteiger partial charge in [0, 0.05) is 18.3 Å². The van der Waals surface area contributed by atoms with Gasteiger partial charge in [0.1, 0.15) is 0 Å². The minimum Gasteiger partial charge on any atom is -0.478 e. The van der Waals surface area contributed by atoms with Crippen LogP contribution in [0.15, 0.2) is 24.3 Å². The van der Waals surface area contributed by atoms with Crippen molar-refractivity contribution in [2.24, 2.45) is 0 Å². The smallest absolute Gasteiger partial charge is 0.330 e. The van der Waals surface area contributed by atoms with Crippen molar-refractivity contribution in [1.82, 2.24) is 5.32 Å². The molecule has 1 rings (SSSR count). The van der Waals surface area contributed by atoms with E-state index in [1.54, 1.807) is 18.2 Å². The Labute approximate surface area is 104 Å². The van der Waals surface area contributed by atoms with E-state index in [-0.39, 0.29) is 0 Å². The van der Waals surface area contributed by atoms with Gasteiger partial charge in [0.15, 0.2) is 0 Å². The first-order valence-corrected chi connectivity index (χ1v) is 5.44. The zero-order chi connectivity index (χ0) is 12.1. The summed E-state index contributed by atoms with van der Waals surface area (Å²) in [4.78, 5) is 10.6. The highest BCUT2D eigenvalue weighted by atomic mass is 35.5. The number of rotatable bonds is 4. The van der Waals surface area contributed by atoms with Gasteiger partial charge < -0.3 is 10.4 Å². The summed E-state index contributed by atoms with van der Waals surface area (Å²) in [5.74, 6) is -1.01. The van der Waals surface area contributed by atoms with Crippen molar-refractivity contribution in [3.05, 3.63) is 39.9 Å². The SMILES string of the molecule is CCN/C(=C\C(=O)O)c1ccc(Cl)c(Cl)c1. The van der Waals surface area contributed by atoms with Crippen molar-refractivity contribution in [1.29, 1.82) is 0 Å². The van der Waals surface area contributed by atoms with Crippen LogP contribution in [0.25, 0.3) is 5.70 Å². The first kappa shape index (κ1) is 12.9. The van der Waals surface area contributed by atoms with Crippen LogP contribution in [-0.4, -0.2) is 17.6 Å². The van der Waals surface area contributed by atoms with E-state index in [4.69, 9.17) is 28.3 Å². The van der Waals surface area contributed by atoms with E-state index >= 15 is 0 Å². The number of nitrogens with one attached hydrogen (secondary N) is 1. The Balaban J connectivity index is 3.11. The van der Waals surface area contributed by atoms with Gasteiger partial charge in [-0.3, -0.25) is 0 Å². The lowest BCUT2D eigenvalue weighted by Gasteiger charge is -2.09. The molecule has 0 amide bonds. The van der Waals surface area contributed by atoms with Gasteiger partial charge in [-0.2, -0.15) is 0 Å². The molecule has 0 saturated carbocycles. The predicted molar refractivity (Wildman–Crippen MR) is 65.8 cm³/mol. The molecule has 5 heteroatoms. The lowest BCUT2D eigenvalue weighted by molar-refractivity contribution is -0.131. The van der Waals surface area contributed by atoms with Crippen LogP contribution in [0.3, 0.4) is 0 Å². The maximum absolute atomic E-state index is 10.6. The zero-order valence-corrected chi connectivity index (χ0v) is 10.1. The molecule has 0 atom stereocenters. The molecule has 0 saturated heterocycles. The number of hydrogen-bond donors (Lipinski definition) is 2. The average Bonchev–Trinajstić information content (AvgIpc) is 2.21. The van der Waals surface area contributed by atoms with Gasteiger partial charge >= 0.3 is 5.97 Å². The average molecular weight is 260 g/mol. The van der Waals surface area contributed by atoms with Gasteiger partial charge in [0.05, 0.1) is 10.0 Å². The molecule has 0 aliphatic carbocycles. The van der Waals surface area contributed by atoms with E-state index < -0.39 is 5.97 Å². The van der Waals surface area contributed by atoms with E-state index in [1.165, 1.54) is 0 Å². The zero-order valence-electron chi connectivity index (χ0n) is 8.63. The molecule has 0 radical (unpaired) electrons. The molecule has 0 aliphatic rings. The molecule has 1 aromatic rings. The highest BCUT2D eigenvalue weighted by molar-refractivity contribution is 6.42. The maximum atomic E-state index is 10.6. The van der Waals surface area contributed by atoms with Gasteiger partial charge in [-0.1, -0.05) is 29.3 Å². The molecule has 0 aromatic heterocycles. The van der Waals surface area contributed by atoms with Crippen LogP contribution in [0.2, 0.25) is 10.0 Å². The summed E-state index contributed by atoms with van der Waals surface area (Å²) >= 11 is 11.6. The van der Waals surface area contributed by atoms with Crippen molar-refractivity contribution in [3.63, 3.8) is 0 Å². The molecule has 0 heterocycles. The molecular weight excluding hydrogens is 249 g/mol. The van der Waals surface area contributed by atoms with Gasteiger partial charge in [0.25, 0.3) is 0 Å². The van der Waals surface area contributed by atoms with Crippen LogP contribution in [0.5, 0.6) is 0 Å². The molecule has 86 valence electrons. The fourth-order valence-electron chi connectivity index (χ4n) is 1.21. The third-order valence-corrected chi connectivity index (χ3v) is 2.60. The van der Waals surface area contributed by atoms with Crippen molar-refractivity contribution in [2.45, 2.75) is 6.92 Å². The highest BCUT2D eigenvalue weighted by Gasteiger charge is 2.05. The summed E-state index contributed by atoms with van der Waals surface area (Å²) in [5, 5.41) is 12.5. The Hall–Kier alpha value is -1.19. The van der Waals surface area contributed by atoms with Gasteiger partial charge in [0.2, 0.25) is 0 Å². The lowest BCUT2D eigenvalue weighted by atomic mass is 10.1. The van der Waals surface area contributed by atoms with Crippen molar-refractivity contribution in [2.75, 3.05) is 6.54 Å². The lowest BCUT2D eigenvalue weighted by Crippen LogP contribution is -2.12. The second-order valence-corrected chi connectivity index (χ2v) is 3.87. The number of aliphatic carboxylic acids is 1. The number of carboxylic acids is 1. The molecule has 0 aliphatic heterocycles. The summed E-state index contributed by atoms with van der Waals surface area (Å²) in [6.45, 7) is 2.51. The number of carbonyl (C=O) groups is 1. The molecule has 3 nitrogen and oxygen atoms in total. The van der Waals surface area contributed by atoms with Gasteiger partial charge in [-0.25, -0.2) is 4.79 Å². The minimum absolute atomic E-state index is 0.397. The number of halogens is 2. The molecule has 1 aromatic carbocycles. The Morgan fingerprint density at radius 1 is 1.44 bits per heavy atom. The molecule has 0 bridgehead atoms. The maximum Gasteiger partial charge on any atom is 0.330 e. The standard InChI is InChI=1S/C11H11Cl2NO2/c1-2-14-10(6-11(15)16)7-3-4-8(12)9(13)5-7/h3-6,14H,2H2,1H3,(H,15,16)/b10-6-. The fraction of sp³-hybridized carbons (Fsp3) is 0.182. The summed E-state index contributed by atoms with van der Waals surface area (Å²) in [6.07, 6.45) is 1.10. The Morgan fingerprint density at radius 3 is 2.62 bits per heavy atom. The third-order valence-electron chi connectivity index (χ3n) is 1.87. The summed E-state index contributed by atoms with van der Waals surface area (Å²) in [5.41, 5.74) is 1.20. The van der Waals surface area contributed by atoms with Crippen molar-refractivity contribution >= 4 is 34.9 Å². The van der Waals surface area contributed by atoms with Crippen LogP contribution in [0, 0.1) is 0 Å². The predicted octanol–water partition coefficient (Wildman–Crippen LogP) is 3.03. The van der Waals surface area contributed by atoms with Crippen molar-refractivity contribution in [3.8, 4) is 0 Å². The molecule has 0 unspecified atom stereocenters. The molecule has 0 fully saturated rings. The highest BCUT2D eigenvalue weighted by Crippen LogP contribution is 2.25. The minimum atomic E-state index is -1.01. The van der Waals surface area contributed by atoms with Gasteiger partial charge in [-0.15, -0.1) is 0 Å². The second kappa shape index (κ2) is 5.77. The molecule has 2 N–H and O–H groups in total. The Kier molecular flexibility index (Phi) is 4.65. The molecule has 16 heavy (non-hydrogen) atoms. The van der Waals surface area contributed by atoms with Crippen molar-refractivity contribution < 1.29 is 9.90 Å². The van der Waals surface area contributed by atoms with E-state index in [1.807, 2.05) is 6.92 Å². The first-order chi connectivity index (χ1) is 7.54. The van der Waals surface area contributed by atoms with Crippen LogP contribution in [0.1, 0.15) is 12.5 Å². The monoisotopic (exact) mass is 259 g/mol. The third kappa shape index (κ3) is 3.43. The Bertz CT molecular complexity index is 430. The normalized spacial score (nSPS) is 11.3. The largest absolute Gasteiger partial charge is 0.478 e. The number of benzene rings is 1. The van der Waals surface area contributed by atoms with E-state index in [0.717, 1.165) is 6.08 Å². The summed E-state index contributed by atoms with van der Waals surface area (Å²) in [6, 6.07) is 4.97. The quantitative estimate of drug-likeness (QED) is 0.818. The van der Waals surface area contributed by atoms with E-state index in [0.29, 0.717) is 27.9 Å².